The molecule has 2 aromatic carbocycles. The van der Waals surface area contributed by atoms with Crippen LogP contribution < -0.4 is 10.1 Å². The van der Waals surface area contributed by atoms with Gasteiger partial charge in [-0.25, -0.2) is 4.39 Å². The topological polar surface area (TPSA) is 41.6 Å². The van der Waals surface area contributed by atoms with Gasteiger partial charge in [0.15, 0.2) is 6.61 Å². The van der Waals surface area contributed by atoms with Gasteiger partial charge in [0.05, 0.1) is 13.1 Å². The number of nitrogens with zero attached hydrogens (tertiary/aromatic N) is 1. The summed E-state index contributed by atoms with van der Waals surface area (Å²) in [4.78, 5) is 13.7. The molecular weight excluding hydrogens is 319 g/mol. The highest BCUT2D eigenvalue weighted by Gasteiger charge is 2.01. The minimum Gasteiger partial charge on any atom is -0.484 e. The zero-order valence-corrected chi connectivity index (χ0v) is 14.2. The van der Waals surface area contributed by atoms with Gasteiger partial charge in [-0.1, -0.05) is 42.2 Å². The summed E-state index contributed by atoms with van der Waals surface area (Å²) in [7, 11) is 2.00. The Bertz CT molecular complexity index is 721. The monoisotopic (exact) mass is 340 g/mol. The molecule has 0 aliphatic carbocycles. The Balaban J connectivity index is 1.61. The number of nitrogens with one attached hydrogen (secondary N) is 1. The Kier molecular flexibility index (Phi) is 7.48. The summed E-state index contributed by atoms with van der Waals surface area (Å²) in [6.45, 7) is 1.59. The number of ether oxygens (including phenoxy) is 1. The maximum atomic E-state index is 12.8. The smallest absolute Gasteiger partial charge is 0.258 e. The van der Waals surface area contributed by atoms with Crippen molar-refractivity contribution in [2.24, 2.45) is 0 Å². The fourth-order valence-corrected chi connectivity index (χ4v) is 2.08. The Morgan fingerprint density at radius 1 is 1.12 bits per heavy atom. The van der Waals surface area contributed by atoms with E-state index in [1.54, 1.807) is 0 Å². The van der Waals surface area contributed by atoms with Crippen LogP contribution in [0.15, 0.2) is 54.6 Å². The Morgan fingerprint density at radius 2 is 1.84 bits per heavy atom. The molecular formula is C20H21FN2O2. The van der Waals surface area contributed by atoms with E-state index in [1.165, 1.54) is 29.8 Å². The van der Waals surface area contributed by atoms with E-state index in [4.69, 9.17) is 4.74 Å². The van der Waals surface area contributed by atoms with Crippen LogP contribution in [0.5, 0.6) is 5.75 Å². The maximum absolute atomic E-state index is 12.8. The van der Waals surface area contributed by atoms with Gasteiger partial charge in [-0.15, -0.1) is 0 Å². The van der Waals surface area contributed by atoms with E-state index in [0.29, 0.717) is 12.3 Å². The van der Waals surface area contributed by atoms with Crippen LogP contribution in [0.1, 0.15) is 5.56 Å². The summed E-state index contributed by atoms with van der Waals surface area (Å²) >= 11 is 0. The van der Waals surface area contributed by atoms with Crippen molar-refractivity contribution in [1.82, 2.24) is 10.2 Å². The molecule has 0 fully saturated rings. The van der Waals surface area contributed by atoms with E-state index in [1.807, 2.05) is 25.2 Å². The lowest BCUT2D eigenvalue weighted by atomic mass is 10.2. The molecule has 0 spiro atoms. The van der Waals surface area contributed by atoms with Crippen LogP contribution in [0, 0.1) is 17.7 Å². The van der Waals surface area contributed by atoms with Crippen molar-refractivity contribution in [1.29, 1.82) is 0 Å². The zero-order valence-electron chi connectivity index (χ0n) is 14.2. The molecule has 0 saturated carbocycles. The van der Waals surface area contributed by atoms with Crippen molar-refractivity contribution >= 4 is 5.91 Å². The Morgan fingerprint density at radius 3 is 2.56 bits per heavy atom. The fourth-order valence-electron chi connectivity index (χ4n) is 2.08. The quantitative estimate of drug-likeness (QED) is 0.787. The highest BCUT2D eigenvalue weighted by atomic mass is 19.1. The number of hydrogen-bond donors (Lipinski definition) is 1. The average molecular weight is 340 g/mol. The van der Waals surface area contributed by atoms with Gasteiger partial charge in [0.1, 0.15) is 11.6 Å². The fraction of sp³-hybridized carbons (Fsp3) is 0.250. The molecule has 0 radical (unpaired) electrons. The van der Waals surface area contributed by atoms with E-state index >= 15 is 0 Å². The molecule has 1 N–H and O–H groups in total. The zero-order chi connectivity index (χ0) is 17.9. The van der Waals surface area contributed by atoms with Crippen LogP contribution in [0.3, 0.4) is 0 Å². The third-order valence-electron chi connectivity index (χ3n) is 3.33. The third kappa shape index (κ3) is 7.51. The second-order valence-corrected chi connectivity index (χ2v) is 5.53. The molecule has 25 heavy (non-hydrogen) atoms. The van der Waals surface area contributed by atoms with Gasteiger partial charge in [0.2, 0.25) is 0 Å². The van der Waals surface area contributed by atoms with Crippen LogP contribution >= 0.6 is 0 Å². The number of hydrogen-bond acceptors (Lipinski definition) is 3. The molecule has 0 unspecified atom stereocenters. The lowest BCUT2D eigenvalue weighted by molar-refractivity contribution is -0.122. The number of benzene rings is 2. The van der Waals surface area contributed by atoms with Crippen LogP contribution in [0.2, 0.25) is 0 Å². The summed E-state index contributed by atoms with van der Waals surface area (Å²) in [5.41, 5.74) is 1.23. The van der Waals surface area contributed by atoms with Crippen molar-refractivity contribution < 1.29 is 13.9 Å². The van der Waals surface area contributed by atoms with Crippen molar-refractivity contribution in [3.8, 4) is 17.6 Å². The van der Waals surface area contributed by atoms with Gasteiger partial charge < -0.3 is 10.1 Å². The number of carbonyl (C=O) groups is 1. The molecule has 0 aliphatic rings. The van der Waals surface area contributed by atoms with Crippen molar-refractivity contribution in [3.63, 3.8) is 0 Å². The van der Waals surface area contributed by atoms with Gasteiger partial charge >= 0.3 is 0 Å². The normalized spacial score (nSPS) is 10.0. The first-order chi connectivity index (χ1) is 12.1. The number of amides is 1. The summed E-state index contributed by atoms with van der Waals surface area (Å²) in [6.07, 6.45) is 0. The first-order valence-electron chi connectivity index (χ1n) is 7.97. The lowest BCUT2D eigenvalue weighted by Gasteiger charge is -2.12. The molecule has 2 rings (SSSR count). The molecule has 130 valence electrons. The highest BCUT2D eigenvalue weighted by molar-refractivity contribution is 5.77. The number of halogens is 1. The van der Waals surface area contributed by atoms with Crippen molar-refractivity contribution in [2.45, 2.75) is 6.54 Å². The molecule has 0 heterocycles. The average Bonchev–Trinajstić information content (AvgIpc) is 2.62. The number of rotatable bonds is 7. The second-order valence-electron chi connectivity index (χ2n) is 5.53. The molecule has 0 bridgehead atoms. The van der Waals surface area contributed by atoms with Crippen LogP contribution in [-0.2, 0) is 11.3 Å². The number of carbonyl (C=O) groups excluding carboxylic acids is 1. The first-order valence-corrected chi connectivity index (χ1v) is 7.97. The van der Waals surface area contributed by atoms with E-state index in [9.17, 15) is 9.18 Å². The molecule has 0 aromatic heterocycles. The van der Waals surface area contributed by atoms with Crippen LogP contribution in [0.25, 0.3) is 0 Å². The Labute approximate surface area is 147 Å². The first kappa shape index (κ1) is 18.5. The van der Waals surface area contributed by atoms with E-state index in [-0.39, 0.29) is 24.9 Å². The van der Waals surface area contributed by atoms with E-state index in [0.717, 1.165) is 6.54 Å². The highest BCUT2D eigenvalue weighted by Crippen LogP contribution is 2.10. The van der Waals surface area contributed by atoms with E-state index in [2.05, 4.69) is 34.2 Å². The molecule has 2 aromatic rings. The minimum absolute atomic E-state index is 0.124. The predicted octanol–water partition coefficient (Wildman–Crippen LogP) is 2.46. The molecule has 5 heteroatoms. The third-order valence-corrected chi connectivity index (χ3v) is 3.33. The predicted molar refractivity (Wildman–Crippen MR) is 95.5 cm³/mol. The van der Waals surface area contributed by atoms with Crippen LogP contribution in [-0.4, -0.2) is 37.6 Å². The lowest BCUT2D eigenvalue weighted by Crippen LogP contribution is -2.29. The van der Waals surface area contributed by atoms with Crippen molar-refractivity contribution in [3.05, 3.63) is 66.0 Å². The molecule has 0 aliphatic heterocycles. The van der Waals surface area contributed by atoms with Crippen LogP contribution in [0.4, 0.5) is 4.39 Å². The summed E-state index contributed by atoms with van der Waals surface area (Å²) < 4.78 is 18.0. The van der Waals surface area contributed by atoms with Gasteiger partial charge in [0, 0.05) is 6.54 Å². The summed E-state index contributed by atoms with van der Waals surface area (Å²) in [5.74, 6) is 5.77. The molecule has 4 nitrogen and oxygen atoms in total. The summed E-state index contributed by atoms with van der Waals surface area (Å²) in [5, 5.41) is 2.66. The molecule has 0 atom stereocenters. The van der Waals surface area contributed by atoms with Gasteiger partial charge in [0.25, 0.3) is 5.91 Å². The maximum Gasteiger partial charge on any atom is 0.258 e. The van der Waals surface area contributed by atoms with Gasteiger partial charge in [-0.2, -0.15) is 0 Å². The molecule has 0 saturated heterocycles. The SMILES string of the molecule is CN(CC#CCNC(=O)COc1ccc(F)cc1)Cc1ccccc1. The standard InChI is InChI=1S/C20H21FN2O2/c1-23(15-17-7-3-2-4-8-17)14-6-5-13-22-20(24)16-25-19-11-9-18(21)10-12-19/h2-4,7-12H,13-16H2,1H3,(H,22,24). The Hall–Kier alpha value is -2.84. The summed E-state index contributed by atoms with van der Waals surface area (Å²) in [6, 6.07) is 15.7. The van der Waals surface area contributed by atoms with E-state index < -0.39 is 0 Å². The minimum atomic E-state index is -0.343. The second kappa shape index (κ2) is 10.1. The largest absolute Gasteiger partial charge is 0.484 e. The molecule has 1 amide bonds. The van der Waals surface area contributed by atoms with Gasteiger partial charge in [-0.05, 0) is 36.9 Å². The van der Waals surface area contributed by atoms with Crippen molar-refractivity contribution in [2.75, 3.05) is 26.7 Å². The van der Waals surface area contributed by atoms with Gasteiger partial charge in [-0.3, -0.25) is 9.69 Å².